The quantitative estimate of drug-likeness (QED) is 0.143. The first-order chi connectivity index (χ1) is 25.8. The molecule has 0 aliphatic heterocycles. The molecule has 0 unspecified atom stereocenters. The molecule has 0 atom stereocenters. The molecule has 5 rings (SSSR count). The second kappa shape index (κ2) is 17.8. The molecule has 0 fully saturated rings. The third-order valence-corrected chi connectivity index (χ3v) is 9.78. The molecule has 54 heavy (non-hydrogen) atoms. The monoisotopic (exact) mass is 718 g/mol. The minimum atomic E-state index is -0.594. The van der Waals surface area contributed by atoms with Gasteiger partial charge in [-0.3, -0.25) is 4.99 Å². The number of carbonyl (C=O) groups is 1. The highest BCUT2D eigenvalue weighted by atomic mass is 16.5. The highest BCUT2D eigenvalue weighted by molar-refractivity contribution is 5.95. The smallest absolute Gasteiger partial charge is 0.319 e. The maximum absolute atomic E-state index is 13.1. The summed E-state index contributed by atoms with van der Waals surface area (Å²) in [5.74, 6) is 1.54. The lowest BCUT2D eigenvalue weighted by molar-refractivity contribution is 0.242. The molecule has 1 aliphatic rings. The Morgan fingerprint density at radius 3 is 2.30 bits per heavy atom. The molecule has 0 saturated heterocycles. The van der Waals surface area contributed by atoms with Crippen LogP contribution in [0, 0.1) is 13.8 Å². The van der Waals surface area contributed by atoms with Gasteiger partial charge in [-0.15, -0.1) is 0 Å². The molecule has 2 N–H and O–H groups in total. The molecule has 4 aromatic rings. The van der Waals surface area contributed by atoms with E-state index in [-0.39, 0.29) is 6.03 Å². The number of aryl methyl sites for hydroxylation is 2. The van der Waals surface area contributed by atoms with Gasteiger partial charge in [0.1, 0.15) is 11.5 Å². The predicted molar refractivity (Wildman–Crippen MR) is 229 cm³/mol. The SMILES string of the molecule is C=C(C)c1cccc(C(C)(C)NC(=O)Nc2ccc(OC3=C(/C=C/C(C)=N/c4ccccc4C)CCC/C3=C\C=C(/C)N(C)c3ccccc3C)cc2)c1. The van der Waals surface area contributed by atoms with E-state index in [1.54, 1.807) is 0 Å². The van der Waals surface area contributed by atoms with E-state index in [0.29, 0.717) is 11.4 Å². The summed E-state index contributed by atoms with van der Waals surface area (Å²) < 4.78 is 6.72. The van der Waals surface area contributed by atoms with Gasteiger partial charge in [-0.2, -0.15) is 0 Å². The average molecular weight is 719 g/mol. The topological polar surface area (TPSA) is 66.0 Å². The van der Waals surface area contributed by atoms with E-state index >= 15 is 0 Å². The van der Waals surface area contributed by atoms with Gasteiger partial charge >= 0.3 is 6.03 Å². The van der Waals surface area contributed by atoms with Gasteiger partial charge in [-0.05, 0) is 156 Å². The Kier molecular flexibility index (Phi) is 12.9. The van der Waals surface area contributed by atoms with E-state index in [1.165, 1.54) is 11.3 Å². The zero-order chi connectivity index (χ0) is 38.8. The van der Waals surface area contributed by atoms with Crippen LogP contribution < -0.4 is 20.3 Å². The number of ether oxygens (including phenoxy) is 1. The van der Waals surface area contributed by atoms with E-state index in [2.05, 4.69) is 111 Å². The number of rotatable bonds is 12. The van der Waals surface area contributed by atoms with Gasteiger partial charge in [0, 0.05) is 29.8 Å². The largest absolute Gasteiger partial charge is 0.457 e. The normalized spacial score (nSPS) is 14.7. The molecule has 6 heteroatoms. The van der Waals surface area contributed by atoms with Crippen LogP contribution >= 0.6 is 0 Å². The molecular formula is C48H54N4O2. The summed E-state index contributed by atoms with van der Waals surface area (Å²) in [4.78, 5) is 20.2. The van der Waals surface area contributed by atoms with Crippen molar-refractivity contribution in [3.8, 4) is 5.75 Å². The predicted octanol–water partition coefficient (Wildman–Crippen LogP) is 12.5. The maximum atomic E-state index is 13.1. The van der Waals surface area contributed by atoms with Gasteiger partial charge < -0.3 is 20.3 Å². The van der Waals surface area contributed by atoms with Gasteiger partial charge in [0.15, 0.2) is 0 Å². The van der Waals surface area contributed by atoms with Crippen LogP contribution in [0.3, 0.4) is 0 Å². The number of allylic oxidation sites excluding steroid dienone is 8. The van der Waals surface area contributed by atoms with E-state index in [0.717, 1.165) is 75.5 Å². The molecule has 4 aromatic carbocycles. The maximum Gasteiger partial charge on any atom is 0.319 e. The first-order valence-corrected chi connectivity index (χ1v) is 18.6. The third-order valence-electron chi connectivity index (χ3n) is 9.78. The number of benzene rings is 4. The summed E-state index contributed by atoms with van der Waals surface area (Å²) in [7, 11) is 2.10. The minimum absolute atomic E-state index is 0.289. The molecule has 0 radical (unpaired) electrons. The second-order valence-corrected chi connectivity index (χ2v) is 14.6. The van der Waals surface area contributed by atoms with Crippen LogP contribution in [0.4, 0.5) is 21.9 Å². The van der Waals surface area contributed by atoms with Crippen molar-refractivity contribution in [2.45, 2.75) is 73.3 Å². The number of aliphatic imine (C=N–C) groups is 1. The molecule has 1 aliphatic carbocycles. The Labute approximate surface area is 322 Å². The van der Waals surface area contributed by atoms with E-state index in [1.807, 2.05) is 88.4 Å². The number of nitrogens with one attached hydrogen (secondary N) is 2. The summed E-state index contributed by atoms with van der Waals surface area (Å²) in [6.45, 7) is 18.4. The number of hydrogen-bond donors (Lipinski definition) is 2. The van der Waals surface area contributed by atoms with Crippen molar-refractivity contribution in [2.75, 3.05) is 17.3 Å². The zero-order valence-corrected chi connectivity index (χ0v) is 33.1. The molecule has 6 nitrogen and oxygen atoms in total. The molecule has 278 valence electrons. The number of anilines is 2. The molecule has 0 spiro atoms. The minimum Gasteiger partial charge on any atom is -0.457 e. The third kappa shape index (κ3) is 10.4. The van der Waals surface area contributed by atoms with Crippen LogP contribution in [0.15, 0.2) is 156 Å². The summed E-state index contributed by atoms with van der Waals surface area (Å²) >= 11 is 0. The number of hydrogen-bond acceptors (Lipinski definition) is 4. The van der Waals surface area contributed by atoms with Crippen LogP contribution in [0.2, 0.25) is 0 Å². The fourth-order valence-corrected chi connectivity index (χ4v) is 6.37. The summed E-state index contributed by atoms with van der Waals surface area (Å²) in [5, 5.41) is 6.10. The molecule has 0 saturated carbocycles. The zero-order valence-electron chi connectivity index (χ0n) is 33.1. The van der Waals surface area contributed by atoms with Gasteiger partial charge in [0.25, 0.3) is 0 Å². The van der Waals surface area contributed by atoms with Crippen LogP contribution in [-0.4, -0.2) is 18.8 Å². The van der Waals surface area contributed by atoms with Gasteiger partial charge in [-0.1, -0.05) is 78.9 Å². The Morgan fingerprint density at radius 1 is 0.889 bits per heavy atom. The first-order valence-electron chi connectivity index (χ1n) is 18.6. The van der Waals surface area contributed by atoms with Crippen LogP contribution in [0.5, 0.6) is 5.75 Å². The fourth-order valence-electron chi connectivity index (χ4n) is 6.37. The first kappa shape index (κ1) is 39.3. The lowest BCUT2D eigenvalue weighted by Gasteiger charge is -2.27. The summed E-state index contributed by atoms with van der Waals surface area (Å²) in [6, 6.07) is 31.9. The summed E-state index contributed by atoms with van der Waals surface area (Å²) in [5.41, 5.74) is 11.9. The second-order valence-electron chi connectivity index (χ2n) is 14.6. The van der Waals surface area contributed by atoms with Crippen LogP contribution in [0.1, 0.15) is 76.1 Å². The molecule has 0 bridgehead atoms. The highest BCUT2D eigenvalue weighted by Gasteiger charge is 2.24. The van der Waals surface area contributed by atoms with Gasteiger partial charge in [0.2, 0.25) is 0 Å². The van der Waals surface area contributed by atoms with E-state index < -0.39 is 5.54 Å². The molecule has 0 heterocycles. The van der Waals surface area contributed by atoms with Crippen molar-refractivity contribution in [3.05, 3.63) is 173 Å². The van der Waals surface area contributed by atoms with Crippen molar-refractivity contribution in [2.24, 2.45) is 4.99 Å². The number of urea groups is 1. The summed E-state index contributed by atoms with van der Waals surface area (Å²) in [6.07, 6.45) is 11.4. The van der Waals surface area contributed by atoms with Crippen molar-refractivity contribution in [3.63, 3.8) is 0 Å². The molecular weight excluding hydrogens is 665 g/mol. The van der Waals surface area contributed by atoms with E-state index in [4.69, 9.17) is 9.73 Å². The van der Waals surface area contributed by atoms with E-state index in [9.17, 15) is 4.79 Å². The Bertz CT molecular complexity index is 2150. The van der Waals surface area contributed by atoms with Gasteiger partial charge in [-0.25, -0.2) is 4.79 Å². The lowest BCUT2D eigenvalue weighted by Crippen LogP contribution is -2.43. The van der Waals surface area contributed by atoms with Crippen LogP contribution in [0.25, 0.3) is 5.57 Å². The number of nitrogens with zero attached hydrogens (tertiary/aromatic N) is 2. The number of para-hydroxylation sites is 2. The number of carbonyl (C=O) groups excluding carboxylic acids is 1. The van der Waals surface area contributed by atoms with Crippen molar-refractivity contribution in [1.29, 1.82) is 0 Å². The van der Waals surface area contributed by atoms with Crippen molar-refractivity contribution < 1.29 is 9.53 Å². The van der Waals surface area contributed by atoms with Crippen LogP contribution in [-0.2, 0) is 5.54 Å². The standard InChI is InChI=1S/C48H54N4O2/c1-33(2)40-20-15-21-41(32-40)48(7,8)51-47(53)50-42-28-30-43(31-29-42)54-46-38(26-24-36(5)49-44-22-12-10-16-34(44)3)18-14-19-39(46)27-25-37(6)52(9)45-23-13-11-17-35(45)4/h10-13,15-17,20-32H,1,14,18-19H2,2-9H3,(H2,50,51,53)/b26-24+,37-25+,39-27+,49-36+. The Hall–Kier alpha value is -5.88. The Morgan fingerprint density at radius 2 is 1.59 bits per heavy atom. The van der Waals surface area contributed by atoms with Gasteiger partial charge in [0.05, 0.1) is 11.2 Å². The molecule has 2 amide bonds. The highest BCUT2D eigenvalue weighted by Crippen LogP contribution is 2.34. The average Bonchev–Trinajstić information content (AvgIpc) is 3.15. The lowest BCUT2D eigenvalue weighted by atomic mass is 9.92. The Balaban J connectivity index is 1.38. The van der Waals surface area contributed by atoms with Crippen molar-refractivity contribution >= 4 is 34.4 Å². The number of amides is 2. The molecule has 0 aromatic heterocycles. The fraction of sp³-hybridized carbons (Fsp3) is 0.250. The van der Waals surface area contributed by atoms with Crippen molar-refractivity contribution in [1.82, 2.24) is 5.32 Å².